The molecule has 0 spiro atoms. The number of nitriles is 1. The van der Waals surface area contributed by atoms with Crippen molar-refractivity contribution >= 4 is 16.8 Å². The number of carbonyl (C=O) groups is 1. The predicted molar refractivity (Wildman–Crippen MR) is 100 cm³/mol. The van der Waals surface area contributed by atoms with Crippen LogP contribution in [0.15, 0.2) is 60.8 Å². The number of benzene rings is 2. The van der Waals surface area contributed by atoms with Crippen LogP contribution < -0.4 is 0 Å². The van der Waals surface area contributed by atoms with E-state index in [0.717, 1.165) is 17.4 Å². The van der Waals surface area contributed by atoms with Crippen molar-refractivity contribution in [2.75, 3.05) is 19.6 Å². The molecule has 1 saturated heterocycles. The number of aromatic nitrogens is 1. The number of nitrogens with zero attached hydrogens (tertiary/aromatic N) is 3. The molecule has 0 saturated carbocycles. The number of rotatable bonds is 3. The molecule has 0 aliphatic carbocycles. The zero-order valence-corrected chi connectivity index (χ0v) is 14.4. The van der Waals surface area contributed by atoms with Crippen LogP contribution in [0.3, 0.4) is 0 Å². The lowest BCUT2D eigenvalue weighted by Crippen LogP contribution is -2.53. The summed E-state index contributed by atoms with van der Waals surface area (Å²) in [6, 6.07) is 19.9. The first-order valence-electron chi connectivity index (χ1n) is 8.78. The maximum atomic E-state index is 12.9. The Labute approximate surface area is 152 Å². The van der Waals surface area contributed by atoms with Gasteiger partial charge in [0, 0.05) is 48.8 Å². The van der Waals surface area contributed by atoms with Crippen molar-refractivity contribution in [3.63, 3.8) is 0 Å². The Kier molecular flexibility index (Phi) is 4.42. The molecule has 1 N–H and O–H groups in total. The summed E-state index contributed by atoms with van der Waals surface area (Å²) >= 11 is 0. The predicted octanol–water partition coefficient (Wildman–Crippen LogP) is 3.02. The molecule has 1 aromatic heterocycles. The first kappa shape index (κ1) is 16.4. The van der Waals surface area contributed by atoms with E-state index in [1.807, 2.05) is 48.7 Å². The van der Waals surface area contributed by atoms with Gasteiger partial charge in [-0.1, -0.05) is 30.3 Å². The lowest BCUT2D eigenvalue weighted by molar-refractivity contribution is 0.0552. The molecule has 4 rings (SSSR count). The second kappa shape index (κ2) is 7.03. The molecule has 1 aliphatic rings. The molecule has 130 valence electrons. The van der Waals surface area contributed by atoms with Gasteiger partial charge in [0.2, 0.25) is 0 Å². The molecule has 5 nitrogen and oxygen atoms in total. The van der Waals surface area contributed by atoms with Crippen molar-refractivity contribution in [2.45, 2.75) is 12.6 Å². The van der Waals surface area contributed by atoms with E-state index in [1.54, 1.807) is 4.90 Å². The fourth-order valence-electron chi connectivity index (χ4n) is 3.50. The molecule has 2 heterocycles. The number of amides is 1. The minimum absolute atomic E-state index is 0.00675. The van der Waals surface area contributed by atoms with E-state index < -0.39 is 0 Å². The SMILES string of the molecule is N#CC1CN(C(=O)c2ccc3[nH]ccc3c2)CCN1Cc1ccccc1. The molecular weight excluding hydrogens is 324 g/mol. The molecule has 26 heavy (non-hydrogen) atoms. The van der Waals surface area contributed by atoms with Crippen LogP contribution in [-0.2, 0) is 6.54 Å². The molecule has 1 amide bonds. The van der Waals surface area contributed by atoms with Gasteiger partial charge in [-0.15, -0.1) is 0 Å². The Balaban J connectivity index is 1.47. The first-order valence-corrected chi connectivity index (χ1v) is 8.78. The number of nitrogens with one attached hydrogen (secondary N) is 1. The van der Waals surface area contributed by atoms with Crippen LogP contribution in [0.25, 0.3) is 10.9 Å². The van der Waals surface area contributed by atoms with Crippen molar-refractivity contribution < 1.29 is 4.79 Å². The molecule has 2 aromatic carbocycles. The third kappa shape index (κ3) is 3.19. The third-order valence-corrected chi connectivity index (χ3v) is 4.96. The van der Waals surface area contributed by atoms with Crippen molar-refractivity contribution in [2.24, 2.45) is 0 Å². The van der Waals surface area contributed by atoms with Gasteiger partial charge in [-0.25, -0.2) is 0 Å². The number of H-pyrrole nitrogens is 1. The van der Waals surface area contributed by atoms with Gasteiger partial charge >= 0.3 is 0 Å². The number of hydrogen-bond donors (Lipinski definition) is 1. The summed E-state index contributed by atoms with van der Waals surface area (Å²) < 4.78 is 0. The average molecular weight is 344 g/mol. The van der Waals surface area contributed by atoms with Crippen LogP contribution >= 0.6 is 0 Å². The molecule has 1 atom stereocenters. The average Bonchev–Trinajstić information content (AvgIpc) is 3.16. The highest BCUT2D eigenvalue weighted by Crippen LogP contribution is 2.19. The lowest BCUT2D eigenvalue weighted by Gasteiger charge is -2.38. The maximum absolute atomic E-state index is 12.9. The van der Waals surface area contributed by atoms with Crippen LogP contribution in [0.5, 0.6) is 0 Å². The van der Waals surface area contributed by atoms with Crippen LogP contribution in [-0.4, -0.2) is 46.4 Å². The minimum Gasteiger partial charge on any atom is -0.361 e. The lowest BCUT2D eigenvalue weighted by atomic mass is 10.1. The van der Waals surface area contributed by atoms with E-state index >= 15 is 0 Å². The molecular formula is C21H20N4O. The van der Waals surface area contributed by atoms with E-state index in [4.69, 9.17) is 0 Å². The summed E-state index contributed by atoms with van der Waals surface area (Å²) in [6.07, 6.45) is 1.87. The number of hydrogen-bond acceptors (Lipinski definition) is 3. The van der Waals surface area contributed by atoms with Crippen LogP contribution in [0.4, 0.5) is 0 Å². The van der Waals surface area contributed by atoms with E-state index in [2.05, 4.69) is 28.1 Å². The van der Waals surface area contributed by atoms with Crippen LogP contribution in [0, 0.1) is 11.3 Å². The highest BCUT2D eigenvalue weighted by molar-refractivity contribution is 5.98. The Bertz CT molecular complexity index is 957. The first-order chi connectivity index (χ1) is 12.7. The zero-order chi connectivity index (χ0) is 17.9. The molecule has 1 aliphatic heterocycles. The summed E-state index contributed by atoms with van der Waals surface area (Å²) in [7, 11) is 0. The van der Waals surface area contributed by atoms with E-state index in [1.165, 1.54) is 5.56 Å². The monoisotopic (exact) mass is 344 g/mol. The summed E-state index contributed by atoms with van der Waals surface area (Å²) in [5.74, 6) is -0.00675. The number of carbonyl (C=O) groups excluding carboxylic acids is 1. The van der Waals surface area contributed by atoms with Gasteiger partial charge in [0.1, 0.15) is 6.04 Å². The summed E-state index contributed by atoms with van der Waals surface area (Å²) in [4.78, 5) is 20.0. The van der Waals surface area contributed by atoms with Crippen molar-refractivity contribution in [3.8, 4) is 6.07 Å². The number of piperazine rings is 1. The fraction of sp³-hybridized carbons (Fsp3) is 0.238. The molecule has 3 aromatic rings. The normalized spacial score (nSPS) is 18.0. The second-order valence-electron chi connectivity index (χ2n) is 6.63. The topological polar surface area (TPSA) is 63.1 Å². The zero-order valence-electron chi connectivity index (χ0n) is 14.4. The molecule has 5 heteroatoms. The maximum Gasteiger partial charge on any atom is 0.254 e. The number of aromatic amines is 1. The van der Waals surface area contributed by atoms with Gasteiger partial charge in [-0.05, 0) is 29.8 Å². The van der Waals surface area contributed by atoms with Crippen LogP contribution in [0.1, 0.15) is 15.9 Å². The van der Waals surface area contributed by atoms with Gasteiger partial charge < -0.3 is 9.88 Å². The molecule has 0 bridgehead atoms. The van der Waals surface area contributed by atoms with Crippen molar-refractivity contribution in [1.82, 2.24) is 14.8 Å². The highest BCUT2D eigenvalue weighted by atomic mass is 16.2. The van der Waals surface area contributed by atoms with Crippen molar-refractivity contribution in [1.29, 1.82) is 5.26 Å². The quantitative estimate of drug-likeness (QED) is 0.794. The van der Waals surface area contributed by atoms with E-state index in [-0.39, 0.29) is 11.9 Å². The van der Waals surface area contributed by atoms with Gasteiger partial charge in [-0.3, -0.25) is 9.69 Å². The van der Waals surface area contributed by atoms with E-state index in [0.29, 0.717) is 25.2 Å². The second-order valence-corrected chi connectivity index (χ2v) is 6.63. The molecule has 1 fully saturated rings. The third-order valence-electron chi connectivity index (χ3n) is 4.96. The summed E-state index contributed by atoms with van der Waals surface area (Å²) in [5, 5.41) is 10.6. The van der Waals surface area contributed by atoms with Gasteiger partial charge in [0.15, 0.2) is 0 Å². The fourth-order valence-corrected chi connectivity index (χ4v) is 3.50. The van der Waals surface area contributed by atoms with Gasteiger partial charge in [0.25, 0.3) is 5.91 Å². The number of fused-ring (bicyclic) bond motifs is 1. The Morgan fingerprint density at radius 1 is 1.15 bits per heavy atom. The highest BCUT2D eigenvalue weighted by Gasteiger charge is 2.30. The summed E-state index contributed by atoms with van der Waals surface area (Å²) in [6.45, 7) is 2.50. The molecule has 0 radical (unpaired) electrons. The van der Waals surface area contributed by atoms with E-state index in [9.17, 15) is 10.1 Å². The standard InChI is InChI=1S/C21H20N4O/c22-13-19-15-25(11-10-24(19)14-16-4-2-1-3-5-16)21(26)18-6-7-20-17(12-18)8-9-23-20/h1-9,12,19,23H,10-11,14-15H2. The smallest absolute Gasteiger partial charge is 0.254 e. The van der Waals surface area contributed by atoms with Gasteiger partial charge in [0.05, 0.1) is 6.07 Å². The van der Waals surface area contributed by atoms with Crippen molar-refractivity contribution in [3.05, 3.63) is 71.9 Å². The van der Waals surface area contributed by atoms with Gasteiger partial charge in [-0.2, -0.15) is 5.26 Å². The Hall–Kier alpha value is -3.10. The Morgan fingerprint density at radius 3 is 2.81 bits per heavy atom. The largest absolute Gasteiger partial charge is 0.361 e. The minimum atomic E-state index is -0.288. The molecule has 1 unspecified atom stereocenters. The van der Waals surface area contributed by atoms with Crippen LogP contribution in [0.2, 0.25) is 0 Å². The Morgan fingerprint density at radius 2 is 2.00 bits per heavy atom. The summed E-state index contributed by atoms with van der Waals surface area (Å²) in [5.41, 5.74) is 2.87.